The van der Waals surface area contributed by atoms with Crippen molar-refractivity contribution in [3.63, 3.8) is 0 Å². The molecule has 1 aliphatic carbocycles. The molecule has 0 saturated heterocycles. The molecule has 61 heavy (non-hydrogen) atoms. The Morgan fingerprint density at radius 1 is 0.656 bits per heavy atom. The summed E-state index contributed by atoms with van der Waals surface area (Å²) in [4.78, 5) is 1.93. The maximum atomic E-state index is 12.3. The number of benzene rings is 7. The summed E-state index contributed by atoms with van der Waals surface area (Å²) >= 11 is 0. The van der Waals surface area contributed by atoms with Crippen LogP contribution in [-0.4, -0.2) is 21.9 Å². The summed E-state index contributed by atoms with van der Waals surface area (Å²) in [5.74, 6) is -0.508. The van der Waals surface area contributed by atoms with Crippen LogP contribution in [0.1, 0.15) is 48.9 Å². The molecule has 0 aliphatic heterocycles. The molecule has 0 atom stereocenters. The Balaban J connectivity index is 1.49. The summed E-state index contributed by atoms with van der Waals surface area (Å²) in [6.07, 6.45) is 8.79. The average molecular weight is 798 g/mol. The summed E-state index contributed by atoms with van der Waals surface area (Å²) in [7, 11) is 0. The molecule has 0 fully saturated rings. The highest BCUT2D eigenvalue weighted by Gasteiger charge is 2.41. The van der Waals surface area contributed by atoms with Gasteiger partial charge in [0, 0.05) is 11.3 Å². The van der Waals surface area contributed by atoms with Gasteiger partial charge in [-0.15, -0.1) is 0 Å². The molecule has 8 rings (SSSR count). The molecule has 4 nitrogen and oxygen atoms in total. The van der Waals surface area contributed by atoms with E-state index in [1.54, 1.807) is 13.8 Å². The van der Waals surface area contributed by atoms with E-state index in [4.69, 9.17) is 0 Å². The normalized spacial score (nSPS) is 13.6. The number of hydrogen-bond donors (Lipinski definition) is 3. The second-order valence-electron chi connectivity index (χ2n) is 15.8. The summed E-state index contributed by atoms with van der Waals surface area (Å²) in [5.41, 5.74) is 11.5. The van der Waals surface area contributed by atoms with Crippen LogP contribution in [-0.2, 0) is 5.41 Å². The zero-order chi connectivity index (χ0) is 42.5. The second kappa shape index (κ2) is 17.6. The maximum Gasteiger partial charge on any atom is 0.146 e. The topological polar surface area (TPSA) is 63.9 Å². The summed E-state index contributed by atoms with van der Waals surface area (Å²) in [6, 6.07) is 59.0. The molecular formula is C57H51NO3. The number of aryl methyl sites for hydroxylation is 1. The Hall–Kier alpha value is -7.14. The molecule has 3 N–H and O–H groups in total. The number of aliphatic hydroxyl groups is 3. The van der Waals surface area contributed by atoms with Crippen molar-refractivity contribution in [1.29, 1.82) is 0 Å². The van der Waals surface area contributed by atoms with E-state index in [0.717, 1.165) is 73.8 Å². The number of hydrogen-bond acceptors (Lipinski definition) is 4. The molecule has 302 valence electrons. The Labute approximate surface area is 359 Å². The molecule has 1 aliphatic rings. The molecule has 0 saturated carbocycles. The monoisotopic (exact) mass is 797 g/mol. The van der Waals surface area contributed by atoms with Crippen molar-refractivity contribution in [2.24, 2.45) is 0 Å². The van der Waals surface area contributed by atoms with Gasteiger partial charge >= 0.3 is 0 Å². The predicted molar refractivity (Wildman–Crippen MR) is 254 cm³/mol. The smallest absolute Gasteiger partial charge is 0.146 e. The van der Waals surface area contributed by atoms with E-state index in [1.807, 2.05) is 35.2 Å². The van der Waals surface area contributed by atoms with E-state index in [0.29, 0.717) is 16.8 Å². The molecule has 4 heteroatoms. The molecule has 0 bridgehead atoms. The fourth-order valence-electron chi connectivity index (χ4n) is 8.97. The van der Waals surface area contributed by atoms with Crippen LogP contribution in [0.2, 0.25) is 0 Å². The number of nitrogens with zero attached hydrogens (tertiary/aromatic N) is 1. The van der Waals surface area contributed by atoms with Crippen molar-refractivity contribution < 1.29 is 15.3 Å². The first-order valence-corrected chi connectivity index (χ1v) is 20.9. The number of allylic oxidation sites excluding steroid dienone is 5. The maximum absolute atomic E-state index is 12.3. The van der Waals surface area contributed by atoms with E-state index in [9.17, 15) is 15.3 Å². The van der Waals surface area contributed by atoms with Crippen molar-refractivity contribution in [2.75, 3.05) is 11.5 Å². The molecule has 0 aromatic heterocycles. The third kappa shape index (κ3) is 7.52. The molecule has 0 radical (unpaired) electrons. The zero-order valence-electron chi connectivity index (χ0n) is 35.0. The van der Waals surface area contributed by atoms with Gasteiger partial charge in [-0.2, -0.15) is 0 Å². The van der Waals surface area contributed by atoms with Gasteiger partial charge in [0.05, 0.1) is 17.7 Å². The lowest BCUT2D eigenvalue weighted by Gasteiger charge is -2.40. The second-order valence-corrected chi connectivity index (χ2v) is 15.8. The molecular weight excluding hydrogens is 747 g/mol. The minimum Gasteiger partial charge on any atom is -0.506 e. The lowest BCUT2D eigenvalue weighted by Crippen LogP contribution is -2.33. The Morgan fingerprint density at radius 2 is 1.25 bits per heavy atom. The van der Waals surface area contributed by atoms with Crippen LogP contribution < -0.4 is 4.90 Å². The summed E-state index contributed by atoms with van der Waals surface area (Å²) < 4.78 is 0. The summed E-state index contributed by atoms with van der Waals surface area (Å²) in [6.45, 7) is 9.49. The van der Waals surface area contributed by atoms with Gasteiger partial charge in [-0.25, -0.2) is 0 Å². The van der Waals surface area contributed by atoms with Crippen LogP contribution in [0.4, 0.5) is 11.4 Å². The van der Waals surface area contributed by atoms with Crippen molar-refractivity contribution >= 4 is 22.1 Å². The fourth-order valence-corrected chi connectivity index (χ4v) is 8.97. The molecule has 0 unspecified atom stereocenters. The van der Waals surface area contributed by atoms with E-state index in [2.05, 4.69) is 171 Å². The fraction of sp³-hybridized carbons (Fsp3) is 0.123. The molecule has 7 aromatic carbocycles. The van der Waals surface area contributed by atoms with E-state index in [-0.39, 0.29) is 23.8 Å². The van der Waals surface area contributed by atoms with Crippen molar-refractivity contribution in [1.82, 2.24) is 0 Å². The quantitative estimate of drug-likeness (QED) is 0.0654. The lowest BCUT2D eigenvalue weighted by molar-refractivity contribution is 0.327. The minimum absolute atomic E-state index is 0.109. The van der Waals surface area contributed by atoms with Gasteiger partial charge in [-0.3, -0.25) is 0 Å². The van der Waals surface area contributed by atoms with E-state index >= 15 is 0 Å². The average Bonchev–Trinajstić information content (AvgIpc) is 3.31. The van der Waals surface area contributed by atoms with Gasteiger partial charge in [0.15, 0.2) is 0 Å². The van der Waals surface area contributed by atoms with E-state index < -0.39 is 5.41 Å². The van der Waals surface area contributed by atoms with Crippen molar-refractivity contribution in [3.8, 4) is 22.3 Å². The van der Waals surface area contributed by atoms with Crippen LogP contribution in [0.25, 0.3) is 33.0 Å². The van der Waals surface area contributed by atoms with Gasteiger partial charge in [-0.05, 0) is 118 Å². The summed E-state index contributed by atoms with van der Waals surface area (Å²) in [5, 5.41) is 36.6. The standard InChI is InChI=1S/C57H51NO3/c1-39-35-36-48(37-52(39)57(45-25-11-6-12-26-45,46-27-13-7-14-28-46)47-29-15-8-16-30-47)58(55(42(4)60)56(61)41(3)40(2)38-59)53-34-18-17-31-50(53)51-33-20-24-44-23-19-32-49(54(44)51)43-21-9-5-10-22-43/h5-7,9-15,17-37,59-61H,4,8,16,38H2,1-3H3/b41-40-,56-55-. The van der Waals surface area contributed by atoms with Gasteiger partial charge in [0.25, 0.3) is 0 Å². The highest BCUT2D eigenvalue weighted by molar-refractivity contribution is 6.08. The number of para-hydroxylation sites is 1. The van der Waals surface area contributed by atoms with Gasteiger partial charge in [0.2, 0.25) is 0 Å². The van der Waals surface area contributed by atoms with Crippen molar-refractivity contribution in [2.45, 2.75) is 39.0 Å². The lowest BCUT2D eigenvalue weighted by atomic mass is 9.62. The number of aliphatic hydroxyl groups excluding tert-OH is 3. The molecule has 7 aromatic rings. The highest BCUT2D eigenvalue weighted by Crippen LogP contribution is 2.51. The van der Waals surface area contributed by atoms with Crippen LogP contribution in [0.3, 0.4) is 0 Å². The zero-order valence-corrected chi connectivity index (χ0v) is 35.0. The van der Waals surface area contributed by atoms with E-state index in [1.165, 1.54) is 5.57 Å². The first kappa shape index (κ1) is 40.6. The predicted octanol–water partition coefficient (Wildman–Crippen LogP) is 14.4. The van der Waals surface area contributed by atoms with Crippen molar-refractivity contribution in [3.05, 3.63) is 251 Å². The Morgan fingerprint density at radius 3 is 1.85 bits per heavy atom. The third-order valence-corrected chi connectivity index (χ3v) is 12.1. The largest absolute Gasteiger partial charge is 0.506 e. The third-order valence-electron chi connectivity index (χ3n) is 12.1. The van der Waals surface area contributed by atoms with Gasteiger partial charge in [0.1, 0.15) is 17.2 Å². The Bertz CT molecular complexity index is 2800. The SMILES string of the molecule is C=C(O)/C(=C(O)\C(C)=C(\C)CO)N(c1ccc(C)c(C(C2=CCCC=C2)(c2ccccc2)c2ccccc2)c1)c1ccccc1-c1cccc2cccc(-c3ccccc3)c12. The molecule has 0 heterocycles. The molecule has 0 amide bonds. The van der Waals surface area contributed by atoms with Crippen LogP contribution in [0.5, 0.6) is 0 Å². The first-order chi connectivity index (χ1) is 29.7. The Kier molecular flexibility index (Phi) is 11.7. The number of anilines is 2. The first-order valence-electron chi connectivity index (χ1n) is 20.9. The molecule has 0 spiro atoms. The minimum atomic E-state index is -0.726. The number of rotatable bonds is 12. The van der Waals surface area contributed by atoms with Crippen LogP contribution in [0.15, 0.2) is 229 Å². The van der Waals surface area contributed by atoms with Crippen LogP contribution >= 0.6 is 0 Å². The van der Waals surface area contributed by atoms with Crippen LogP contribution in [0, 0.1) is 6.92 Å². The number of fused-ring (bicyclic) bond motifs is 1. The van der Waals surface area contributed by atoms with Gasteiger partial charge in [-0.1, -0.05) is 176 Å². The highest BCUT2D eigenvalue weighted by atomic mass is 16.3. The van der Waals surface area contributed by atoms with Gasteiger partial charge < -0.3 is 20.2 Å².